The van der Waals surface area contributed by atoms with Gasteiger partial charge in [0.1, 0.15) is 27.8 Å². The summed E-state index contributed by atoms with van der Waals surface area (Å²) < 4.78 is 8.38. The van der Waals surface area contributed by atoms with Gasteiger partial charge in [0.2, 0.25) is 0 Å². The Morgan fingerprint density at radius 3 is 2.90 bits per heavy atom. The number of pyridine rings is 2. The zero-order valence-electron chi connectivity index (χ0n) is 22.4. The molecule has 6 aromatic rings. The molecule has 0 aromatic carbocycles. The number of nitrogens with zero attached hydrogens (tertiary/aromatic N) is 7. The fourth-order valence-corrected chi connectivity index (χ4v) is 6.57. The molecule has 0 saturated carbocycles. The number of fused-ring (bicyclic) bond motifs is 5. The smallest absolute Gasteiger partial charge is 0.261 e. The highest BCUT2D eigenvalue weighted by Gasteiger charge is 2.31. The van der Waals surface area contributed by atoms with Crippen LogP contribution in [-0.4, -0.2) is 75.6 Å². The van der Waals surface area contributed by atoms with Crippen LogP contribution in [0.5, 0.6) is 5.88 Å². The van der Waals surface area contributed by atoms with Gasteiger partial charge in [-0.2, -0.15) is 10.2 Å². The summed E-state index contributed by atoms with van der Waals surface area (Å²) in [5.74, 6) is 0.0675. The van der Waals surface area contributed by atoms with Crippen LogP contribution in [0.4, 0.5) is 0 Å². The van der Waals surface area contributed by atoms with Gasteiger partial charge in [0, 0.05) is 48.8 Å². The number of nitrogens with one attached hydrogen (secondary N) is 2. The zero-order chi connectivity index (χ0) is 28.3. The molecule has 1 aliphatic rings. The summed E-state index contributed by atoms with van der Waals surface area (Å²) in [5.41, 5.74) is 2.55. The minimum absolute atomic E-state index is 0.158. The molecule has 14 heteroatoms. The molecular formula is C27H27N9O4S. The monoisotopic (exact) mass is 573 g/mol. The van der Waals surface area contributed by atoms with Gasteiger partial charge in [-0.3, -0.25) is 24.2 Å². The number of hydrogen-bond donors (Lipinski definition) is 3. The average molecular weight is 574 g/mol. The number of carbonyl (C=O) groups is 1. The van der Waals surface area contributed by atoms with Gasteiger partial charge in [0.05, 0.1) is 22.2 Å². The maximum atomic E-state index is 13.2. The predicted molar refractivity (Wildman–Crippen MR) is 152 cm³/mol. The van der Waals surface area contributed by atoms with E-state index in [1.165, 1.54) is 30.0 Å². The van der Waals surface area contributed by atoms with Crippen LogP contribution >= 0.6 is 11.3 Å². The van der Waals surface area contributed by atoms with E-state index in [0.29, 0.717) is 51.2 Å². The van der Waals surface area contributed by atoms with E-state index in [-0.39, 0.29) is 22.9 Å². The predicted octanol–water partition coefficient (Wildman–Crippen LogP) is 3.00. The minimum Gasteiger partial charge on any atom is -0.491 e. The second-order valence-electron chi connectivity index (χ2n) is 10.9. The maximum Gasteiger partial charge on any atom is 0.261 e. The van der Waals surface area contributed by atoms with Crippen LogP contribution in [0.1, 0.15) is 42.8 Å². The Hall–Kier alpha value is -4.56. The van der Waals surface area contributed by atoms with E-state index in [0.717, 1.165) is 30.0 Å². The second-order valence-corrected chi connectivity index (χ2v) is 11.9. The van der Waals surface area contributed by atoms with Crippen LogP contribution in [0.3, 0.4) is 0 Å². The molecule has 0 radical (unpaired) electrons. The van der Waals surface area contributed by atoms with Crippen molar-refractivity contribution in [2.45, 2.75) is 38.8 Å². The number of aromatic amines is 1. The minimum atomic E-state index is -0.299. The molecule has 41 heavy (non-hydrogen) atoms. The maximum absolute atomic E-state index is 13.2. The third-order valence-electron chi connectivity index (χ3n) is 7.68. The Morgan fingerprint density at radius 1 is 1.24 bits per heavy atom. The number of rotatable bonds is 7. The first-order valence-electron chi connectivity index (χ1n) is 13.3. The van der Waals surface area contributed by atoms with Gasteiger partial charge in [-0.25, -0.2) is 4.52 Å². The molecule has 6 aromatic heterocycles. The van der Waals surface area contributed by atoms with Crippen molar-refractivity contribution in [2.24, 2.45) is 0 Å². The Bertz CT molecular complexity index is 2000. The van der Waals surface area contributed by atoms with Gasteiger partial charge in [0.15, 0.2) is 5.76 Å². The first-order valence-corrected chi connectivity index (χ1v) is 14.1. The molecular weight excluding hydrogens is 546 g/mol. The average Bonchev–Trinajstić information content (AvgIpc) is 3.74. The van der Waals surface area contributed by atoms with Crippen molar-refractivity contribution < 1.29 is 14.4 Å². The van der Waals surface area contributed by atoms with Crippen molar-refractivity contribution in [3.63, 3.8) is 0 Å². The first-order chi connectivity index (χ1) is 19.7. The molecule has 210 valence electrons. The molecule has 0 unspecified atom stereocenters. The third kappa shape index (κ3) is 4.54. The fourth-order valence-electron chi connectivity index (χ4n) is 5.51. The van der Waals surface area contributed by atoms with Crippen molar-refractivity contribution >= 4 is 44.0 Å². The molecule has 0 atom stereocenters. The molecule has 13 nitrogen and oxygen atoms in total. The quantitative estimate of drug-likeness (QED) is 0.261. The van der Waals surface area contributed by atoms with E-state index < -0.39 is 0 Å². The SMILES string of the molecule is CC1(C)CCCN1CCNC(=O)c1cnc2c(c1)[nH]c(=O)c1c2nn2cc(-c3cnn(Cc4cc(O)no4)c3)sc12. The molecule has 1 aliphatic heterocycles. The van der Waals surface area contributed by atoms with Crippen molar-refractivity contribution in [1.82, 2.24) is 44.7 Å². The summed E-state index contributed by atoms with van der Waals surface area (Å²) in [7, 11) is 0. The van der Waals surface area contributed by atoms with Crippen molar-refractivity contribution in [3.8, 4) is 16.3 Å². The van der Waals surface area contributed by atoms with E-state index in [4.69, 9.17) is 4.52 Å². The van der Waals surface area contributed by atoms with E-state index in [1.807, 2.05) is 12.4 Å². The molecule has 7 rings (SSSR count). The van der Waals surface area contributed by atoms with Gasteiger partial charge in [-0.05, 0) is 44.5 Å². The summed E-state index contributed by atoms with van der Waals surface area (Å²) in [5, 5.41) is 25.3. The summed E-state index contributed by atoms with van der Waals surface area (Å²) in [4.78, 5) is 37.4. The van der Waals surface area contributed by atoms with Gasteiger partial charge in [0.25, 0.3) is 17.3 Å². The zero-order valence-corrected chi connectivity index (χ0v) is 23.2. The lowest BCUT2D eigenvalue weighted by Crippen LogP contribution is -2.43. The summed E-state index contributed by atoms with van der Waals surface area (Å²) in [6.45, 7) is 7.15. The molecule has 0 bridgehead atoms. The number of likely N-dealkylation sites (tertiary alicyclic amines) is 1. The normalized spacial score (nSPS) is 15.5. The van der Waals surface area contributed by atoms with Crippen LogP contribution in [-0.2, 0) is 6.54 Å². The number of hydrogen-bond acceptors (Lipinski definition) is 10. The lowest BCUT2D eigenvalue weighted by Gasteiger charge is -2.31. The van der Waals surface area contributed by atoms with Crippen LogP contribution < -0.4 is 10.9 Å². The van der Waals surface area contributed by atoms with Gasteiger partial charge in [-0.1, -0.05) is 0 Å². The molecule has 3 N–H and O–H groups in total. The van der Waals surface area contributed by atoms with E-state index in [9.17, 15) is 14.7 Å². The lowest BCUT2D eigenvalue weighted by atomic mass is 10.0. The number of amides is 1. The van der Waals surface area contributed by atoms with E-state index in [2.05, 4.69) is 49.4 Å². The van der Waals surface area contributed by atoms with Crippen molar-refractivity contribution in [1.29, 1.82) is 0 Å². The fraction of sp³-hybridized carbons (Fsp3) is 0.333. The van der Waals surface area contributed by atoms with Crippen LogP contribution in [0, 0.1) is 0 Å². The van der Waals surface area contributed by atoms with Gasteiger partial charge >= 0.3 is 0 Å². The Morgan fingerprint density at radius 2 is 2.12 bits per heavy atom. The van der Waals surface area contributed by atoms with Crippen LogP contribution in [0.15, 0.2) is 46.2 Å². The number of H-pyrrole nitrogens is 1. The summed E-state index contributed by atoms with van der Waals surface area (Å²) >= 11 is 1.42. The Labute approximate surface area is 236 Å². The molecule has 7 heterocycles. The second kappa shape index (κ2) is 9.52. The number of aromatic nitrogens is 7. The standard InChI is InChI=1S/C27H27N9O4S/c1-27(2)4-3-6-34(27)7-5-28-24(38)15-8-18-22(29-10-15)23-21(25(39)31-18)26-36(32-23)14-19(41-26)16-11-30-35(12-16)13-17-9-20(37)33-40-17/h8-12,14H,3-7,13H2,1-2H3,(H,28,38)(H,31,39)(H,33,37). The summed E-state index contributed by atoms with van der Waals surface area (Å²) in [6, 6.07) is 3.09. The highest BCUT2D eigenvalue weighted by atomic mass is 32.1. The Balaban J connectivity index is 1.13. The number of thiazole rings is 1. The lowest BCUT2D eigenvalue weighted by molar-refractivity contribution is 0.0940. The van der Waals surface area contributed by atoms with Crippen molar-refractivity contribution in [3.05, 3.63) is 58.6 Å². The first kappa shape index (κ1) is 25.4. The Kier molecular flexibility index (Phi) is 5.90. The summed E-state index contributed by atoms with van der Waals surface area (Å²) in [6.07, 6.45) is 9.25. The van der Waals surface area contributed by atoms with E-state index in [1.54, 1.807) is 21.5 Å². The molecule has 1 saturated heterocycles. The molecule has 0 spiro atoms. The number of aromatic hydroxyl groups is 1. The largest absolute Gasteiger partial charge is 0.491 e. The van der Waals surface area contributed by atoms with Crippen LogP contribution in [0.2, 0.25) is 0 Å². The highest BCUT2D eigenvalue weighted by molar-refractivity contribution is 7.21. The van der Waals surface area contributed by atoms with Gasteiger partial charge < -0.3 is 19.9 Å². The molecule has 0 aliphatic carbocycles. The third-order valence-corrected chi connectivity index (χ3v) is 8.83. The molecule has 1 fully saturated rings. The van der Waals surface area contributed by atoms with Crippen LogP contribution in [0.25, 0.3) is 37.2 Å². The van der Waals surface area contributed by atoms with E-state index >= 15 is 0 Å². The van der Waals surface area contributed by atoms with Crippen molar-refractivity contribution in [2.75, 3.05) is 19.6 Å². The topological polar surface area (TPSA) is 159 Å². The number of carbonyl (C=O) groups excluding carboxylic acids is 1. The molecule has 1 amide bonds. The van der Waals surface area contributed by atoms with Gasteiger partial charge in [-0.15, -0.1) is 11.3 Å². The highest BCUT2D eigenvalue weighted by Crippen LogP contribution is 2.33.